The molecule has 0 aliphatic carbocycles. The summed E-state index contributed by atoms with van der Waals surface area (Å²) in [7, 11) is 0. The van der Waals surface area contributed by atoms with E-state index in [0.29, 0.717) is 16.9 Å². The molecule has 4 nitrogen and oxygen atoms in total. The van der Waals surface area contributed by atoms with Crippen LogP contribution < -0.4 is 4.74 Å². The quantitative estimate of drug-likeness (QED) is 0.538. The number of halogens is 1. The summed E-state index contributed by atoms with van der Waals surface area (Å²) in [5, 5.41) is 0. The minimum absolute atomic E-state index is 0.365. The fourth-order valence-electron chi connectivity index (χ4n) is 3.03. The lowest BCUT2D eigenvalue weighted by molar-refractivity contribution is 0.0107. The van der Waals surface area contributed by atoms with E-state index in [-0.39, 0.29) is 11.8 Å². The van der Waals surface area contributed by atoms with E-state index in [1.807, 2.05) is 49.4 Å². The number of carbonyl (C=O) groups excluding carboxylic acids is 2. The summed E-state index contributed by atoms with van der Waals surface area (Å²) >= 11 is 3.41. The molecule has 3 aromatic rings. The summed E-state index contributed by atoms with van der Waals surface area (Å²) in [6.07, 6.45) is -0.825. The molecule has 4 rings (SSSR count). The van der Waals surface area contributed by atoms with Gasteiger partial charge in [0.15, 0.2) is 0 Å². The maximum absolute atomic E-state index is 13.2. The highest BCUT2D eigenvalue weighted by molar-refractivity contribution is 9.10. The number of benzene rings is 3. The van der Waals surface area contributed by atoms with Crippen molar-refractivity contribution in [3.63, 3.8) is 0 Å². The van der Waals surface area contributed by atoms with E-state index in [4.69, 9.17) is 4.74 Å². The smallest absolute Gasteiger partial charge is 0.267 e. The van der Waals surface area contributed by atoms with Gasteiger partial charge >= 0.3 is 0 Å². The van der Waals surface area contributed by atoms with Crippen molar-refractivity contribution in [2.45, 2.75) is 13.2 Å². The number of amides is 2. The standard InChI is InChI=1S/C22H16BrNO3/c1-14-6-8-15(9-7-14)20(25)24-21(26)18-4-2-3-5-19(18)27-22(24)16-10-12-17(23)13-11-16/h2-13,22H,1H3/t22-/m0/s1. The van der Waals surface area contributed by atoms with Crippen LogP contribution in [-0.2, 0) is 0 Å². The third kappa shape index (κ3) is 3.26. The molecule has 0 N–H and O–H groups in total. The van der Waals surface area contributed by atoms with Gasteiger partial charge in [0.25, 0.3) is 11.8 Å². The number of hydrogen-bond donors (Lipinski definition) is 0. The van der Waals surface area contributed by atoms with Crippen molar-refractivity contribution in [1.82, 2.24) is 4.90 Å². The molecular formula is C22H16BrNO3. The minimum atomic E-state index is -0.825. The van der Waals surface area contributed by atoms with Gasteiger partial charge in [0.05, 0.1) is 5.56 Å². The van der Waals surface area contributed by atoms with Gasteiger partial charge in [0.1, 0.15) is 5.75 Å². The SMILES string of the molecule is Cc1ccc(C(=O)N2C(=O)c3ccccc3O[C@H]2c2ccc(Br)cc2)cc1. The summed E-state index contributed by atoms with van der Waals surface area (Å²) in [6, 6.07) is 21.5. The monoisotopic (exact) mass is 421 g/mol. The second-order valence-corrected chi connectivity index (χ2v) is 7.28. The van der Waals surface area contributed by atoms with Crippen molar-refractivity contribution >= 4 is 27.7 Å². The number of imide groups is 1. The van der Waals surface area contributed by atoms with Gasteiger partial charge in [-0.25, -0.2) is 4.90 Å². The number of para-hydroxylation sites is 1. The molecule has 1 heterocycles. The summed E-state index contributed by atoms with van der Waals surface area (Å²) in [6.45, 7) is 1.95. The van der Waals surface area contributed by atoms with Gasteiger partial charge in [-0.2, -0.15) is 0 Å². The number of fused-ring (bicyclic) bond motifs is 1. The number of nitrogens with zero attached hydrogens (tertiary/aromatic N) is 1. The predicted octanol–water partition coefficient (Wildman–Crippen LogP) is 5.13. The lowest BCUT2D eigenvalue weighted by Gasteiger charge is -2.35. The first-order chi connectivity index (χ1) is 13.0. The molecule has 3 aromatic carbocycles. The third-order valence-electron chi connectivity index (χ3n) is 4.48. The number of hydrogen-bond acceptors (Lipinski definition) is 3. The zero-order valence-corrected chi connectivity index (χ0v) is 16.1. The molecule has 0 fully saturated rings. The summed E-state index contributed by atoms with van der Waals surface area (Å²) in [5.74, 6) is -0.277. The first kappa shape index (κ1) is 17.5. The van der Waals surface area contributed by atoms with E-state index in [0.717, 1.165) is 15.6 Å². The molecule has 0 saturated carbocycles. The molecule has 134 valence electrons. The Morgan fingerprint density at radius 1 is 0.963 bits per heavy atom. The van der Waals surface area contributed by atoms with Crippen molar-refractivity contribution in [3.8, 4) is 5.75 Å². The lowest BCUT2D eigenvalue weighted by Crippen LogP contribution is -2.45. The molecular weight excluding hydrogens is 406 g/mol. The number of carbonyl (C=O) groups is 2. The van der Waals surface area contributed by atoms with Crippen LogP contribution in [0.4, 0.5) is 0 Å². The number of ether oxygens (including phenoxy) is 1. The van der Waals surface area contributed by atoms with Crippen LogP contribution in [0.2, 0.25) is 0 Å². The highest BCUT2D eigenvalue weighted by atomic mass is 79.9. The normalized spacial score (nSPS) is 15.9. The average molecular weight is 422 g/mol. The Morgan fingerprint density at radius 3 is 2.33 bits per heavy atom. The van der Waals surface area contributed by atoms with Gasteiger partial charge < -0.3 is 4.74 Å². The van der Waals surface area contributed by atoms with Gasteiger partial charge in [-0.3, -0.25) is 9.59 Å². The van der Waals surface area contributed by atoms with E-state index >= 15 is 0 Å². The molecule has 0 bridgehead atoms. The molecule has 5 heteroatoms. The van der Waals surface area contributed by atoms with E-state index in [1.165, 1.54) is 4.90 Å². The minimum Gasteiger partial charge on any atom is -0.465 e. The maximum atomic E-state index is 13.2. The molecule has 1 aliphatic rings. The molecule has 27 heavy (non-hydrogen) atoms. The van der Waals surface area contributed by atoms with Gasteiger partial charge in [0.2, 0.25) is 6.23 Å². The van der Waals surface area contributed by atoms with Crippen LogP contribution in [0, 0.1) is 6.92 Å². The Kier molecular flexibility index (Phi) is 4.54. The summed E-state index contributed by atoms with van der Waals surface area (Å²) in [5.41, 5.74) is 2.59. The summed E-state index contributed by atoms with van der Waals surface area (Å²) < 4.78 is 6.98. The van der Waals surface area contributed by atoms with E-state index in [9.17, 15) is 9.59 Å². The first-order valence-electron chi connectivity index (χ1n) is 8.50. The zero-order valence-electron chi connectivity index (χ0n) is 14.6. The van der Waals surface area contributed by atoms with Crippen LogP contribution in [0.1, 0.15) is 38.1 Å². The first-order valence-corrected chi connectivity index (χ1v) is 9.29. The Bertz CT molecular complexity index is 1010. The Balaban J connectivity index is 1.81. The van der Waals surface area contributed by atoms with Gasteiger partial charge in [-0.1, -0.05) is 57.9 Å². The second-order valence-electron chi connectivity index (χ2n) is 6.36. The van der Waals surface area contributed by atoms with Crippen molar-refractivity contribution in [2.24, 2.45) is 0 Å². The molecule has 1 aliphatic heterocycles. The van der Waals surface area contributed by atoms with Crippen molar-refractivity contribution < 1.29 is 14.3 Å². The van der Waals surface area contributed by atoms with Gasteiger partial charge in [-0.05, 0) is 43.3 Å². The Labute approximate surface area is 165 Å². The van der Waals surface area contributed by atoms with Crippen LogP contribution in [-0.4, -0.2) is 16.7 Å². The zero-order chi connectivity index (χ0) is 19.0. The van der Waals surface area contributed by atoms with Gasteiger partial charge in [0, 0.05) is 15.6 Å². The maximum Gasteiger partial charge on any atom is 0.267 e. The second kappa shape index (κ2) is 7.00. The topological polar surface area (TPSA) is 46.6 Å². The fraction of sp³-hybridized carbons (Fsp3) is 0.0909. The number of rotatable bonds is 2. The van der Waals surface area contributed by atoms with Crippen LogP contribution in [0.25, 0.3) is 0 Å². The molecule has 0 aromatic heterocycles. The summed E-state index contributed by atoms with van der Waals surface area (Å²) in [4.78, 5) is 27.6. The third-order valence-corrected chi connectivity index (χ3v) is 5.01. The number of aryl methyl sites for hydroxylation is 1. The molecule has 0 saturated heterocycles. The molecule has 0 unspecified atom stereocenters. The molecule has 0 spiro atoms. The predicted molar refractivity (Wildman–Crippen MR) is 106 cm³/mol. The van der Waals surface area contributed by atoms with Crippen LogP contribution in [0.5, 0.6) is 5.75 Å². The Morgan fingerprint density at radius 2 is 1.63 bits per heavy atom. The highest BCUT2D eigenvalue weighted by Gasteiger charge is 2.39. The van der Waals surface area contributed by atoms with E-state index < -0.39 is 6.23 Å². The molecule has 1 atom stereocenters. The van der Waals surface area contributed by atoms with Crippen LogP contribution in [0.15, 0.2) is 77.3 Å². The van der Waals surface area contributed by atoms with Gasteiger partial charge in [-0.15, -0.1) is 0 Å². The highest BCUT2D eigenvalue weighted by Crippen LogP contribution is 2.36. The van der Waals surface area contributed by atoms with E-state index in [2.05, 4.69) is 15.9 Å². The average Bonchev–Trinajstić information content (AvgIpc) is 2.69. The van der Waals surface area contributed by atoms with Crippen LogP contribution in [0.3, 0.4) is 0 Å². The molecule has 0 radical (unpaired) electrons. The van der Waals surface area contributed by atoms with Crippen LogP contribution >= 0.6 is 15.9 Å². The largest absolute Gasteiger partial charge is 0.465 e. The Hall–Kier alpha value is -2.92. The van der Waals surface area contributed by atoms with Crippen molar-refractivity contribution in [3.05, 3.63) is 99.5 Å². The van der Waals surface area contributed by atoms with E-state index in [1.54, 1.807) is 30.3 Å². The fourth-order valence-corrected chi connectivity index (χ4v) is 3.30. The van der Waals surface area contributed by atoms with Crippen molar-refractivity contribution in [2.75, 3.05) is 0 Å². The molecule has 2 amide bonds. The van der Waals surface area contributed by atoms with Crippen molar-refractivity contribution in [1.29, 1.82) is 0 Å². The lowest BCUT2D eigenvalue weighted by atomic mass is 10.0.